The van der Waals surface area contributed by atoms with Crippen LogP contribution in [-0.2, 0) is 11.2 Å². The fourth-order valence-electron chi connectivity index (χ4n) is 4.96. The Morgan fingerprint density at radius 3 is 2.23 bits per heavy atom. The number of amides is 1. The molecule has 3 rings (SSSR count). The average molecular weight is 478 g/mol. The van der Waals surface area contributed by atoms with Crippen molar-refractivity contribution in [2.75, 3.05) is 12.4 Å². The van der Waals surface area contributed by atoms with Crippen LogP contribution >= 0.6 is 0 Å². The highest BCUT2D eigenvalue weighted by atomic mass is 16.5. The second-order valence-corrected chi connectivity index (χ2v) is 9.70. The highest BCUT2D eigenvalue weighted by Crippen LogP contribution is 2.32. The quantitative estimate of drug-likeness (QED) is 0.391. The minimum absolute atomic E-state index is 0.130. The standard InChI is InChI=1S/C18H27NO2.C13H16O/c1-4-5-14-7-9-15(10-8-14)18(20)19-16-11-6-13(2)17(12-16)21-3;1-5-11-12(9(2)3)7-6-8-13(11)10(4)14/h6,11-12,14-15H,4-5,7-10H2,1-3H3,(H,19,20);6-8H,2,5H2,1,3-4H3. The van der Waals surface area contributed by atoms with Gasteiger partial charge in [0, 0.05) is 23.2 Å². The summed E-state index contributed by atoms with van der Waals surface area (Å²) in [6.07, 6.45) is 7.89. The van der Waals surface area contributed by atoms with E-state index >= 15 is 0 Å². The van der Waals surface area contributed by atoms with Gasteiger partial charge in [-0.1, -0.05) is 63.1 Å². The van der Waals surface area contributed by atoms with Crippen LogP contribution in [0, 0.1) is 18.8 Å². The number of Topliss-reactive ketones (excluding diaryl/α,β-unsaturated/α-hetero) is 1. The highest BCUT2D eigenvalue weighted by molar-refractivity contribution is 5.96. The van der Waals surface area contributed by atoms with Gasteiger partial charge in [-0.05, 0) is 81.5 Å². The monoisotopic (exact) mass is 477 g/mol. The number of rotatable bonds is 8. The maximum absolute atomic E-state index is 12.4. The Balaban J connectivity index is 0.000000269. The van der Waals surface area contributed by atoms with E-state index in [0.717, 1.165) is 64.4 Å². The van der Waals surface area contributed by atoms with E-state index in [2.05, 4.69) is 25.7 Å². The van der Waals surface area contributed by atoms with Crippen LogP contribution in [0.2, 0.25) is 0 Å². The van der Waals surface area contributed by atoms with Crippen molar-refractivity contribution < 1.29 is 14.3 Å². The Hall–Kier alpha value is -2.88. The SMILES string of the molecule is C=C(C)c1cccc(C(C)=O)c1CC.CCCC1CCC(C(=O)Nc2ccc(C)c(OC)c2)CC1. The van der Waals surface area contributed by atoms with Gasteiger partial charge in [-0.25, -0.2) is 0 Å². The zero-order valence-electron chi connectivity index (χ0n) is 22.5. The number of hydrogen-bond donors (Lipinski definition) is 1. The van der Waals surface area contributed by atoms with Gasteiger partial charge in [-0.15, -0.1) is 0 Å². The molecule has 0 aliphatic heterocycles. The van der Waals surface area contributed by atoms with Crippen LogP contribution in [0.15, 0.2) is 43.0 Å². The maximum Gasteiger partial charge on any atom is 0.227 e. The zero-order valence-corrected chi connectivity index (χ0v) is 22.5. The lowest BCUT2D eigenvalue weighted by Crippen LogP contribution is -2.27. The molecule has 1 amide bonds. The number of nitrogens with one attached hydrogen (secondary N) is 1. The summed E-state index contributed by atoms with van der Waals surface area (Å²) >= 11 is 0. The van der Waals surface area contributed by atoms with Crippen LogP contribution in [0.3, 0.4) is 0 Å². The molecule has 0 unspecified atom stereocenters. The third kappa shape index (κ3) is 8.09. The van der Waals surface area contributed by atoms with Crippen molar-refractivity contribution in [1.82, 2.24) is 0 Å². The number of hydrogen-bond acceptors (Lipinski definition) is 3. The van der Waals surface area contributed by atoms with Crippen LogP contribution in [0.4, 0.5) is 5.69 Å². The van der Waals surface area contributed by atoms with E-state index in [-0.39, 0.29) is 17.6 Å². The largest absolute Gasteiger partial charge is 0.496 e. The third-order valence-corrected chi connectivity index (χ3v) is 6.96. The number of anilines is 1. The van der Waals surface area contributed by atoms with Gasteiger partial charge in [-0.3, -0.25) is 9.59 Å². The first-order chi connectivity index (χ1) is 16.7. The predicted molar refractivity (Wildman–Crippen MR) is 147 cm³/mol. The summed E-state index contributed by atoms with van der Waals surface area (Å²) in [5, 5.41) is 3.04. The molecule has 0 radical (unpaired) electrons. The van der Waals surface area contributed by atoms with Crippen molar-refractivity contribution in [2.45, 2.75) is 79.6 Å². The molecule has 0 atom stereocenters. The molecule has 0 heterocycles. The van der Waals surface area contributed by atoms with E-state index in [1.165, 1.54) is 25.7 Å². The van der Waals surface area contributed by atoms with Gasteiger partial charge in [0.2, 0.25) is 5.91 Å². The Morgan fingerprint density at radius 1 is 1.03 bits per heavy atom. The summed E-state index contributed by atoms with van der Waals surface area (Å²) in [5.41, 5.74) is 5.99. The summed E-state index contributed by atoms with van der Waals surface area (Å²) < 4.78 is 5.30. The van der Waals surface area contributed by atoms with Gasteiger partial charge in [0.1, 0.15) is 5.75 Å². The Labute approximate surface area is 212 Å². The smallest absolute Gasteiger partial charge is 0.227 e. The number of ketones is 1. The Kier molecular flexibility index (Phi) is 11.2. The number of allylic oxidation sites excluding steroid dienone is 1. The van der Waals surface area contributed by atoms with Gasteiger partial charge in [-0.2, -0.15) is 0 Å². The van der Waals surface area contributed by atoms with E-state index < -0.39 is 0 Å². The first kappa shape index (κ1) is 28.4. The first-order valence-corrected chi connectivity index (χ1v) is 13.0. The lowest BCUT2D eigenvalue weighted by molar-refractivity contribution is -0.121. The van der Waals surface area contributed by atoms with Crippen LogP contribution in [0.25, 0.3) is 5.57 Å². The molecule has 35 heavy (non-hydrogen) atoms. The van der Waals surface area contributed by atoms with Crippen molar-refractivity contribution in [2.24, 2.45) is 11.8 Å². The molecule has 1 saturated carbocycles. The molecule has 1 aliphatic rings. The molecule has 190 valence electrons. The summed E-state index contributed by atoms with van der Waals surface area (Å²) in [7, 11) is 1.66. The molecule has 0 saturated heterocycles. The van der Waals surface area contributed by atoms with Crippen molar-refractivity contribution >= 4 is 23.0 Å². The van der Waals surface area contributed by atoms with Crippen molar-refractivity contribution in [3.8, 4) is 5.75 Å². The number of benzene rings is 2. The molecule has 4 nitrogen and oxygen atoms in total. The van der Waals surface area contributed by atoms with E-state index in [1.807, 2.05) is 50.2 Å². The van der Waals surface area contributed by atoms with E-state index in [4.69, 9.17) is 4.74 Å². The Bertz CT molecular complexity index is 984. The number of methoxy groups -OCH3 is 1. The van der Waals surface area contributed by atoms with Crippen molar-refractivity contribution in [3.63, 3.8) is 0 Å². The highest BCUT2D eigenvalue weighted by Gasteiger charge is 2.26. The topological polar surface area (TPSA) is 55.4 Å². The summed E-state index contributed by atoms with van der Waals surface area (Å²) in [6.45, 7) is 13.8. The van der Waals surface area contributed by atoms with Crippen LogP contribution in [-0.4, -0.2) is 18.8 Å². The molecular formula is C31H43NO3. The second-order valence-electron chi connectivity index (χ2n) is 9.70. The molecule has 1 fully saturated rings. The normalized spacial score (nSPS) is 17.1. The average Bonchev–Trinajstić information content (AvgIpc) is 2.85. The molecule has 1 aliphatic carbocycles. The number of aryl methyl sites for hydroxylation is 1. The van der Waals surface area contributed by atoms with Gasteiger partial charge in [0.15, 0.2) is 5.78 Å². The van der Waals surface area contributed by atoms with E-state index in [1.54, 1.807) is 14.0 Å². The number of carbonyl (C=O) groups excluding carboxylic acids is 2. The molecule has 2 aromatic rings. The summed E-state index contributed by atoms with van der Waals surface area (Å²) in [4.78, 5) is 23.7. The fourth-order valence-corrected chi connectivity index (χ4v) is 4.96. The second kappa shape index (κ2) is 13.9. The van der Waals surface area contributed by atoms with Gasteiger partial charge < -0.3 is 10.1 Å². The third-order valence-electron chi connectivity index (χ3n) is 6.96. The zero-order chi connectivity index (χ0) is 26.0. The first-order valence-electron chi connectivity index (χ1n) is 13.0. The van der Waals surface area contributed by atoms with Crippen molar-refractivity contribution in [1.29, 1.82) is 0 Å². The fraction of sp³-hybridized carbons (Fsp3) is 0.484. The van der Waals surface area contributed by atoms with Gasteiger partial charge >= 0.3 is 0 Å². The van der Waals surface area contributed by atoms with Crippen molar-refractivity contribution in [3.05, 3.63) is 65.2 Å². The molecule has 1 N–H and O–H groups in total. The van der Waals surface area contributed by atoms with E-state index in [9.17, 15) is 9.59 Å². The number of carbonyl (C=O) groups is 2. The summed E-state index contributed by atoms with van der Waals surface area (Å²) in [6, 6.07) is 11.6. The minimum Gasteiger partial charge on any atom is -0.496 e. The van der Waals surface area contributed by atoms with Crippen LogP contribution in [0.1, 0.15) is 93.3 Å². The Morgan fingerprint density at radius 2 is 1.69 bits per heavy atom. The molecular weight excluding hydrogens is 434 g/mol. The van der Waals surface area contributed by atoms with Crippen LogP contribution < -0.4 is 10.1 Å². The number of ether oxygens (including phenoxy) is 1. The van der Waals surface area contributed by atoms with E-state index in [0.29, 0.717) is 0 Å². The molecule has 0 spiro atoms. The van der Waals surface area contributed by atoms with Crippen LogP contribution in [0.5, 0.6) is 5.75 Å². The molecule has 2 aromatic carbocycles. The molecule has 4 heteroatoms. The van der Waals surface area contributed by atoms with Gasteiger partial charge in [0.05, 0.1) is 7.11 Å². The molecule has 0 aromatic heterocycles. The molecule has 0 bridgehead atoms. The van der Waals surface area contributed by atoms with Gasteiger partial charge in [0.25, 0.3) is 0 Å². The minimum atomic E-state index is 0.130. The lowest BCUT2D eigenvalue weighted by atomic mass is 9.80. The predicted octanol–water partition coefficient (Wildman–Crippen LogP) is 8.03. The lowest BCUT2D eigenvalue weighted by Gasteiger charge is -2.27. The maximum atomic E-state index is 12.4. The summed E-state index contributed by atoms with van der Waals surface area (Å²) in [5.74, 6) is 2.11.